The van der Waals surface area contributed by atoms with Gasteiger partial charge in [0, 0.05) is 10.7 Å². The number of hydrogen-bond acceptors (Lipinski definition) is 5. The highest BCUT2D eigenvalue weighted by molar-refractivity contribution is 9.10. The summed E-state index contributed by atoms with van der Waals surface area (Å²) in [6, 6.07) is 7.19. The first kappa shape index (κ1) is 14.1. The summed E-state index contributed by atoms with van der Waals surface area (Å²) in [5, 5.41) is 0.927. The Morgan fingerprint density at radius 1 is 1.47 bits per heavy atom. The molecule has 19 heavy (non-hydrogen) atoms. The second kappa shape index (κ2) is 6.25. The van der Waals surface area contributed by atoms with E-state index in [2.05, 4.69) is 25.7 Å². The maximum atomic E-state index is 11.3. The van der Waals surface area contributed by atoms with Crippen molar-refractivity contribution in [2.24, 2.45) is 0 Å². The molecule has 0 N–H and O–H groups in total. The maximum Gasteiger partial charge on any atom is 0.373 e. The minimum absolute atomic E-state index is 0.0459. The molecular formula is C13H12BrNO3S. The normalized spacial score (nSPS) is 12.2. The number of carbonyl (C=O) groups excluding carboxylic acids is 1. The summed E-state index contributed by atoms with van der Waals surface area (Å²) in [6.45, 7) is 1.99. The molecule has 2 heterocycles. The number of rotatable bonds is 4. The monoisotopic (exact) mass is 341 g/mol. The molecule has 2 rings (SSSR count). The van der Waals surface area contributed by atoms with Gasteiger partial charge in [0.05, 0.1) is 12.4 Å². The highest BCUT2D eigenvalue weighted by Crippen LogP contribution is 2.37. The zero-order valence-corrected chi connectivity index (χ0v) is 12.8. The van der Waals surface area contributed by atoms with Crippen molar-refractivity contribution < 1.29 is 13.9 Å². The molecular weight excluding hydrogens is 330 g/mol. The summed E-state index contributed by atoms with van der Waals surface area (Å²) < 4.78 is 11.0. The summed E-state index contributed by atoms with van der Waals surface area (Å²) >= 11 is 5.00. The van der Waals surface area contributed by atoms with Crippen molar-refractivity contribution >= 4 is 33.7 Å². The number of nitrogens with zero attached hydrogens (tertiary/aromatic N) is 1. The van der Waals surface area contributed by atoms with Gasteiger partial charge >= 0.3 is 5.97 Å². The van der Waals surface area contributed by atoms with Gasteiger partial charge in [-0.2, -0.15) is 0 Å². The molecule has 0 radical (unpaired) electrons. The number of methoxy groups -OCH3 is 1. The number of pyridine rings is 1. The van der Waals surface area contributed by atoms with E-state index in [0.29, 0.717) is 5.76 Å². The minimum Gasteiger partial charge on any atom is -0.463 e. The molecule has 2 aromatic heterocycles. The van der Waals surface area contributed by atoms with E-state index in [-0.39, 0.29) is 11.0 Å². The molecule has 0 spiro atoms. The number of furan rings is 1. The van der Waals surface area contributed by atoms with E-state index in [1.54, 1.807) is 30.1 Å². The van der Waals surface area contributed by atoms with Crippen molar-refractivity contribution in [3.63, 3.8) is 0 Å². The van der Waals surface area contributed by atoms with Crippen molar-refractivity contribution in [2.45, 2.75) is 17.2 Å². The molecule has 0 fully saturated rings. The van der Waals surface area contributed by atoms with Crippen LogP contribution in [0.2, 0.25) is 0 Å². The Hall–Kier alpha value is -1.27. The standard InChI is InChI=1S/C13H12BrNO3S/c1-8(19-12-9(14)4-3-7-15-12)10-5-6-11(18-10)13(16)17-2/h3-8H,1-2H3. The van der Waals surface area contributed by atoms with Crippen molar-refractivity contribution in [1.29, 1.82) is 0 Å². The third kappa shape index (κ3) is 3.39. The Labute approximate surface area is 123 Å². The van der Waals surface area contributed by atoms with Gasteiger partial charge in [-0.15, -0.1) is 0 Å². The van der Waals surface area contributed by atoms with Crippen molar-refractivity contribution in [1.82, 2.24) is 4.98 Å². The van der Waals surface area contributed by atoms with Crippen molar-refractivity contribution in [2.75, 3.05) is 7.11 Å². The van der Waals surface area contributed by atoms with Crippen LogP contribution in [0.1, 0.15) is 28.5 Å². The third-order valence-electron chi connectivity index (χ3n) is 2.43. The third-order valence-corrected chi connectivity index (χ3v) is 4.46. The summed E-state index contributed by atoms with van der Waals surface area (Å²) in [5.74, 6) is 0.454. The van der Waals surface area contributed by atoms with Gasteiger partial charge < -0.3 is 9.15 Å². The Bertz CT molecular complexity index is 585. The predicted molar refractivity (Wildman–Crippen MR) is 76.3 cm³/mol. The Kier molecular flexibility index (Phi) is 4.66. The molecule has 0 saturated heterocycles. The van der Waals surface area contributed by atoms with Crippen LogP contribution >= 0.6 is 27.7 Å². The Balaban J connectivity index is 2.12. The van der Waals surface area contributed by atoms with Crippen LogP contribution in [-0.2, 0) is 4.74 Å². The van der Waals surface area contributed by atoms with E-state index in [4.69, 9.17) is 4.42 Å². The molecule has 6 heteroatoms. The van der Waals surface area contributed by atoms with Crippen molar-refractivity contribution in [3.05, 3.63) is 46.5 Å². The van der Waals surface area contributed by atoms with Crippen LogP contribution in [0.5, 0.6) is 0 Å². The van der Waals surface area contributed by atoms with Gasteiger partial charge in [0.1, 0.15) is 10.8 Å². The number of ether oxygens (including phenoxy) is 1. The van der Waals surface area contributed by atoms with Gasteiger partial charge in [0.15, 0.2) is 0 Å². The first-order chi connectivity index (χ1) is 9.11. The number of hydrogen-bond donors (Lipinski definition) is 0. The summed E-state index contributed by atoms with van der Waals surface area (Å²) in [4.78, 5) is 15.6. The summed E-state index contributed by atoms with van der Waals surface area (Å²) in [5.41, 5.74) is 0. The van der Waals surface area contributed by atoms with Crippen LogP contribution in [0.4, 0.5) is 0 Å². The smallest absolute Gasteiger partial charge is 0.373 e. The molecule has 0 aromatic carbocycles. The largest absolute Gasteiger partial charge is 0.463 e. The van der Waals surface area contributed by atoms with Gasteiger partial charge in [-0.05, 0) is 47.1 Å². The van der Waals surface area contributed by atoms with Crippen LogP contribution < -0.4 is 0 Å². The van der Waals surface area contributed by atoms with E-state index in [9.17, 15) is 4.79 Å². The Morgan fingerprint density at radius 2 is 2.26 bits per heavy atom. The fourth-order valence-corrected chi connectivity index (χ4v) is 2.88. The van der Waals surface area contributed by atoms with Gasteiger partial charge in [0.25, 0.3) is 0 Å². The van der Waals surface area contributed by atoms with E-state index in [0.717, 1.165) is 9.50 Å². The average Bonchev–Trinajstić information content (AvgIpc) is 2.90. The molecule has 0 saturated carbocycles. The Morgan fingerprint density at radius 3 is 2.95 bits per heavy atom. The topological polar surface area (TPSA) is 52.3 Å². The molecule has 0 amide bonds. The van der Waals surface area contributed by atoms with Gasteiger partial charge in [-0.25, -0.2) is 9.78 Å². The molecule has 0 bridgehead atoms. The first-order valence-corrected chi connectivity index (χ1v) is 7.24. The second-order valence-electron chi connectivity index (χ2n) is 3.74. The fraction of sp³-hybridized carbons (Fsp3) is 0.231. The van der Waals surface area contributed by atoms with Crippen molar-refractivity contribution in [3.8, 4) is 0 Å². The summed E-state index contributed by atoms with van der Waals surface area (Å²) in [7, 11) is 1.33. The van der Waals surface area contributed by atoms with Crippen LogP contribution in [0, 0.1) is 0 Å². The lowest BCUT2D eigenvalue weighted by Gasteiger charge is -2.08. The lowest BCUT2D eigenvalue weighted by atomic mass is 10.3. The number of carbonyl (C=O) groups is 1. The number of esters is 1. The highest BCUT2D eigenvalue weighted by atomic mass is 79.9. The molecule has 1 atom stereocenters. The van der Waals surface area contributed by atoms with Crippen LogP contribution in [0.15, 0.2) is 44.4 Å². The summed E-state index contributed by atoms with van der Waals surface area (Å²) in [6.07, 6.45) is 1.74. The van der Waals surface area contributed by atoms with E-state index >= 15 is 0 Å². The fourth-order valence-electron chi connectivity index (χ4n) is 1.47. The van der Waals surface area contributed by atoms with E-state index in [1.807, 2.05) is 19.1 Å². The lowest BCUT2D eigenvalue weighted by molar-refractivity contribution is 0.0563. The van der Waals surface area contributed by atoms with Gasteiger partial charge in [-0.3, -0.25) is 0 Å². The minimum atomic E-state index is -0.470. The molecule has 0 aliphatic heterocycles. The van der Waals surface area contributed by atoms with Gasteiger partial charge in [-0.1, -0.05) is 11.8 Å². The zero-order chi connectivity index (χ0) is 13.8. The second-order valence-corrected chi connectivity index (χ2v) is 5.93. The lowest BCUT2D eigenvalue weighted by Crippen LogP contribution is -1.98. The molecule has 0 aliphatic carbocycles. The van der Waals surface area contributed by atoms with Gasteiger partial charge in [0.2, 0.25) is 5.76 Å². The quantitative estimate of drug-likeness (QED) is 0.619. The average molecular weight is 342 g/mol. The number of aromatic nitrogens is 1. The highest BCUT2D eigenvalue weighted by Gasteiger charge is 2.17. The van der Waals surface area contributed by atoms with Crippen LogP contribution in [0.25, 0.3) is 0 Å². The van der Waals surface area contributed by atoms with Crippen LogP contribution in [0.3, 0.4) is 0 Å². The van der Waals surface area contributed by atoms with E-state index in [1.165, 1.54) is 7.11 Å². The molecule has 0 aliphatic rings. The van der Waals surface area contributed by atoms with Crippen LogP contribution in [-0.4, -0.2) is 18.1 Å². The maximum absolute atomic E-state index is 11.3. The first-order valence-electron chi connectivity index (χ1n) is 5.57. The number of halogens is 1. The molecule has 100 valence electrons. The predicted octanol–water partition coefficient (Wildman–Crippen LogP) is 4.08. The molecule has 1 unspecified atom stereocenters. The SMILES string of the molecule is COC(=O)c1ccc(C(C)Sc2ncccc2Br)o1. The molecule has 4 nitrogen and oxygen atoms in total. The zero-order valence-electron chi connectivity index (χ0n) is 10.4. The van der Waals surface area contributed by atoms with E-state index < -0.39 is 5.97 Å². The molecule has 2 aromatic rings. The number of thioether (sulfide) groups is 1.